The number of unbranched alkanes of at least 4 members (excludes halogenated alkanes) is 1. The molecule has 0 spiro atoms. The highest BCUT2D eigenvalue weighted by molar-refractivity contribution is 7.16. The van der Waals surface area contributed by atoms with Crippen LogP contribution < -0.4 is 5.32 Å². The molecule has 2 heterocycles. The minimum Gasteiger partial charge on any atom is -0.481 e. The largest absolute Gasteiger partial charge is 0.481 e. The summed E-state index contributed by atoms with van der Waals surface area (Å²) in [6.45, 7) is 0.731. The average molecular weight is 251 g/mol. The molecule has 0 saturated heterocycles. The van der Waals surface area contributed by atoms with E-state index in [0.29, 0.717) is 6.42 Å². The molecule has 0 fully saturated rings. The van der Waals surface area contributed by atoms with Crippen molar-refractivity contribution in [2.75, 3.05) is 11.9 Å². The number of carboxylic acid groups (broad SMARTS) is 1. The highest BCUT2D eigenvalue weighted by Crippen LogP contribution is 2.23. The molecule has 2 N–H and O–H groups in total. The zero-order chi connectivity index (χ0) is 12.1. The van der Waals surface area contributed by atoms with Crippen molar-refractivity contribution in [1.82, 2.24) is 9.97 Å². The fourth-order valence-corrected chi connectivity index (χ4v) is 2.27. The molecule has 2 rings (SSSR count). The van der Waals surface area contributed by atoms with Crippen LogP contribution in [0, 0.1) is 0 Å². The van der Waals surface area contributed by atoms with Crippen LogP contribution in [0.5, 0.6) is 0 Å². The number of nitrogens with one attached hydrogen (secondary N) is 1. The van der Waals surface area contributed by atoms with Gasteiger partial charge in [0.25, 0.3) is 0 Å². The summed E-state index contributed by atoms with van der Waals surface area (Å²) in [5.74, 6) is 0.0823. The van der Waals surface area contributed by atoms with Crippen LogP contribution in [0.2, 0.25) is 0 Å². The van der Waals surface area contributed by atoms with E-state index in [1.165, 1.54) is 0 Å². The second-order valence-electron chi connectivity index (χ2n) is 3.64. The molecule has 0 radical (unpaired) electrons. The van der Waals surface area contributed by atoms with Gasteiger partial charge in [0.05, 0.1) is 5.39 Å². The SMILES string of the molecule is O=C(O)CCCCNc1ncnc2sccc12. The van der Waals surface area contributed by atoms with Gasteiger partial charge in [-0.2, -0.15) is 0 Å². The predicted octanol–water partition coefficient (Wildman–Crippen LogP) is 2.36. The molecule has 0 aliphatic carbocycles. The third-order valence-corrected chi connectivity index (χ3v) is 3.19. The maximum atomic E-state index is 10.3. The number of nitrogens with zero attached hydrogens (tertiary/aromatic N) is 2. The van der Waals surface area contributed by atoms with Crippen molar-refractivity contribution < 1.29 is 9.90 Å². The summed E-state index contributed by atoms with van der Waals surface area (Å²) in [5, 5.41) is 14.7. The average Bonchev–Trinajstić information content (AvgIpc) is 2.77. The molecule has 0 aliphatic rings. The number of carboxylic acids is 1. The number of aliphatic carboxylic acids is 1. The van der Waals surface area contributed by atoms with Crippen molar-refractivity contribution in [1.29, 1.82) is 0 Å². The number of anilines is 1. The molecule has 2 aromatic heterocycles. The second kappa shape index (κ2) is 5.58. The Kier molecular flexibility index (Phi) is 3.87. The Morgan fingerprint density at radius 3 is 3.12 bits per heavy atom. The van der Waals surface area contributed by atoms with Crippen LogP contribution in [0.25, 0.3) is 10.2 Å². The highest BCUT2D eigenvalue weighted by Gasteiger charge is 2.03. The monoisotopic (exact) mass is 251 g/mol. The van der Waals surface area contributed by atoms with E-state index in [1.54, 1.807) is 17.7 Å². The summed E-state index contributed by atoms with van der Waals surface area (Å²) >= 11 is 1.58. The van der Waals surface area contributed by atoms with Crippen molar-refractivity contribution in [3.8, 4) is 0 Å². The number of hydrogen-bond acceptors (Lipinski definition) is 5. The normalized spacial score (nSPS) is 10.6. The summed E-state index contributed by atoms with van der Waals surface area (Å²) in [4.78, 5) is 19.6. The van der Waals surface area contributed by atoms with Gasteiger partial charge in [0, 0.05) is 13.0 Å². The molecular weight excluding hydrogens is 238 g/mol. The molecule has 0 bridgehead atoms. The van der Waals surface area contributed by atoms with Crippen LogP contribution in [-0.4, -0.2) is 27.6 Å². The Balaban J connectivity index is 1.86. The van der Waals surface area contributed by atoms with E-state index in [9.17, 15) is 4.79 Å². The number of hydrogen-bond donors (Lipinski definition) is 2. The van der Waals surface area contributed by atoms with Gasteiger partial charge < -0.3 is 10.4 Å². The van der Waals surface area contributed by atoms with Gasteiger partial charge >= 0.3 is 5.97 Å². The van der Waals surface area contributed by atoms with E-state index < -0.39 is 5.97 Å². The standard InChI is InChI=1S/C11H13N3O2S/c15-9(16)3-1-2-5-12-10-8-4-6-17-11(8)14-7-13-10/h4,6-7H,1-3,5H2,(H,15,16)(H,12,13,14). The quantitative estimate of drug-likeness (QED) is 0.771. The molecule has 0 aromatic carbocycles. The Bertz CT molecular complexity index is 512. The first-order valence-electron chi connectivity index (χ1n) is 5.41. The topological polar surface area (TPSA) is 75.1 Å². The molecular formula is C11H13N3O2S. The molecule has 0 aliphatic heterocycles. The van der Waals surface area contributed by atoms with Crippen LogP contribution >= 0.6 is 11.3 Å². The van der Waals surface area contributed by atoms with Crippen LogP contribution in [0.3, 0.4) is 0 Å². The number of fused-ring (bicyclic) bond motifs is 1. The van der Waals surface area contributed by atoms with Crippen molar-refractivity contribution in [3.63, 3.8) is 0 Å². The molecule has 6 heteroatoms. The third kappa shape index (κ3) is 3.13. The number of rotatable bonds is 6. The molecule has 0 amide bonds. The van der Waals surface area contributed by atoms with Gasteiger partial charge in [-0.3, -0.25) is 4.79 Å². The predicted molar refractivity (Wildman–Crippen MR) is 67.4 cm³/mol. The minimum absolute atomic E-state index is 0.222. The molecule has 0 unspecified atom stereocenters. The fourth-order valence-electron chi connectivity index (χ4n) is 1.54. The highest BCUT2D eigenvalue weighted by atomic mass is 32.1. The zero-order valence-electron chi connectivity index (χ0n) is 9.22. The lowest BCUT2D eigenvalue weighted by Gasteiger charge is -2.05. The Morgan fingerprint density at radius 1 is 1.41 bits per heavy atom. The van der Waals surface area contributed by atoms with Crippen molar-refractivity contribution in [2.45, 2.75) is 19.3 Å². The molecule has 0 saturated carbocycles. The first kappa shape index (κ1) is 11.8. The number of thiophene rings is 1. The lowest BCUT2D eigenvalue weighted by Crippen LogP contribution is -2.05. The minimum atomic E-state index is -0.743. The van der Waals surface area contributed by atoms with E-state index in [0.717, 1.165) is 29.0 Å². The summed E-state index contributed by atoms with van der Waals surface area (Å²) in [7, 11) is 0. The molecule has 2 aromatic rings. The van der Waals surface area contributed by atoms with Gasteiger partial charge in [0.15, 0.2) is 0 Å². The van der Waals surface area contributed by atoms with Crippen molar-refractivity contribution in [2.24, 2.45) is 0 Å². The van der Waals surface area contributed by atoms with E-state index in [4.69, 9.17) is 5.11 Å². The third-order valence-electron chi connectivity index (χ3n) is 2.37. The van der Waals surface area contributed by atoms with Gasteiger partial charge in [-0.25, -0.2) is 9.97 Å². The molecule has 17 heavy (non-hydrogen) atoms. The number of aromatic nitrogens is 2. The summed E-state index contributed by atoms with van der Waals surface area (Å²) in [5.41, 5.74) is 0. The van der Waals surface area contributed by atoms with Crippen molar-refractivity contribution in [3.05, 3.63) is 17.8 Å². The Hall–Kier alpha value is -1.69. The van der Waals surface area contributed by atoms with Gasteiger partial charge in [-0.15, -0.1) is 11.3 Å². The van der Waals surface area contributed by atoms with Gasteiger partial charge in [0.1, 0.15) is 17.0 Å². The second-order valence-corrected chi connectivity index (χ2v) is 4.53. The van der Waals surface area contributed by atoms with E-state index >= 15 is 0 Å². The fraction of sp³-hybridized carbons (Fsp3) is 0.364. The van der Waals surface area contributed by atoms with E-state index in [1.807, 2.05) is 11.4 Å². The molecule has 90 valence electrons. The van der Waals surface area contributed by atoms with E-state index in [2.05, 4.69) is 15.3 Å². The smallest absolute Gasteiger partial charge is 0.303 e. The Labute approximate surface area is 103 Å². The van der Waals surface area contributed by atoms with Crippen LogP contribution in [0.4, 0.5) is 5.82 Å². The lowest BCUT2D eigenvalue weighted by atomic mass is 10.2. The first-order chi connectivity index (χ1) is 8.27. The molecule has 0 atom stereocenters. The Morgan fingerprint density at radius 2 is 2.29 bits per heavy atom. The number of carbonyl (C=O) groups is 1. The van der Waals surface area contributed by atoms with Gasteiger partial charge in [-0.05, 0) is 24.3 Å². The van der Waals surface area contributed by atoms with Crippen LogP contribution in [0.1, 0.15) is 19.3 Å². The van der Waals surface area contributed by atoms with Crippen LogP contribution in [0.15, 0.2) is 17.8 Å². The zero-order valence-corrected chi connectivity index (χ0v) is 10.0. The maximum Gasteiger partial charge on any atom is 0.303 e. The van der Waals surface area contributed by atoms with Crippen LogP contribution in [-0.2, 0) is 4.79 Å². The summed E-state index contributed by atoms with van der Waals surface area (Å²) in [6.07, 6.45) is 3.26. The van der Waals surface area contributed by atoms with Gasteiger partial charge in [-0.1, -0.05) is 0 Å². The lowest BCUT2D eigenvalue weighted by molar-refractivity contribution is -0.137. The summed E-state index contributed by atoms with van der Waals surface area (Å²) < 4.78 is 0. The van der Waals surface area contributed by atoms with E-state index in [-0.39, 0.29) is 6.42 Å². The van der Waals surface area contributed by atoms with Crippen molar-refractivity contribution >= 4 is 33.3 Å². The van der Waals surface area contributed by atoms with Gasteiger partial charge in [0.2, 0.25) is 0 Å². The molecule has 5 nitrogen and oxygen atoms in total. The maximum absolute atomic E-state index is 10.3. The first-order valence-corrected chi connectivity index (χ1v) is 6.29. The summed E-state index contributed by atoms with van der Waals surface area (Å²) in [6, 6.07) is 1.99.